The number of ether oxygens (including phenoxy) is 4. The number of methoxy groups -OCH3 is 2. The number of hydrogen-bond acceptors (Lipinski definition) is 7. The lowest BCUT2D eigenvalue weighted by atomic mass is 9.77. The molecule has 3 aromatic rings. The van der Waals surface area contributed by atoms with Gasteiger partial charge in [-0.05, 0) is 77.7 Å². The minimum absolute atomic E-state index is 0.0282. The number of nitrogens with zero attached hydrogens (tertiary/aromatic N) is 1. The molecule has 1 heterocycles. The third-order valence-electron chi connectivity index (χ3n) is 10.7. The van der Waals surface area contributed by atoms with Gasteiger partial charge in [0.25, 0.3) is 0 Å². The van der Waals surface area contributed by atoms with Gasteiger partial charge in [-0.3, -0.25) is 4.79 Å². The normalized spacial score (nSPS) is 17.8. The molecule has 0 spiro atoms. The first-order valence-corrected chi connectivity index (χ1v) is 19.9. The van der Waals surface area contributed by atoms with Crippen LogP contribution in [0.15, 0.2) is 78.9 Å². The molecule has 8 nitrogen and oxygen atoms in total. The highest BCUT2D eigenvalue weighted by Gasteiger charge is 2.55. The van der Waals surface area contributed by atoms with Crippen LogP contribution in [0.3, 0.4) is 0 Å². The van der Waals surface area contributed by atoms with Crippen LogP contribution in [0.2, 0.25) is 23.7 Å². The molecule has 1 amide bonds. The smallest absolute Gasteiger partial charge is 0.497 e. The molecule has 260 valence electrons. The number of hydrogen-bond donors (Lipinski definition) is 1. The molecule has 0 aliphatic carbocycles. The standard InChI is InChI=1S/C39H53NO7Si/c1-27(47-38(43)46-26-30-12-10-9-11-13-30)36-35(24-34(25-41)48(7,8)39(2,3)4)40(37(36)42)31(22-28-14-18-32(44-5)19-15-28)23-29-16-20-33(45-6)21-17-29/h9-21,27,31,34-36,41H,22-26H2,1-8H3/t27-,34?,35+,36-/m1/s1. The Labute approximate surface area is 287 Å². The van der Waals surface area contributed by atoms with E-state index in [4.69, 9.17) is 18.9 Å². The van der Waals surface area contributed by atoms with Gasteiger partial charge >= 0.3 is 6.16 Å². The molecular weight excluding hydrogens is 623 g/mol. The first-order chi connectivity index (χ1) is 22.8. The summed E-state index contributed by atoms with van der Waals surface area (Å²) in [6.45, 7) is 13.3. The van der Waals surface area contributed by atoms with Gasteiger partial charge in [-0.15, -0.1) is 0 Å². The Morgan fingerprint density at radius 3 is 1.83 bits per heavy atom. The minimum Gasteiger partial charge on any atom is -0.497 e. The summed E-state index contributed by atoms with van der Waals surface area (Å²) in [7, 11) is 1.26. The van der Waals surface area contributed by atoms with Crippen molar-refractivity contribution < 1.29 is 33.6 Å². The zero-order valence-electron chi connectivity index (χ0n) is 29.8. The van der Waals surface area contributed by atoms with E-state index in [2.05, 4.69) is 33.9 Å². The molecule has 0 aromatic heterocycles. The van der Waals surface area contributed by atoms with Gasteiger partial charge < -0.3 is 29.0 Å². The molecule has 1 unspecified atom stereocenters. The second-order valence-electron chi connectivity index (χ2n) is 14.5. The van der Waals surface area contributed by atoms with Gasteiger partial charge in [-0.1, -0.05) is 88.5 Å². The van der Waals surface area contributed by atoms with E-state index < -0.39 is 26.3 Å². The van der Waals surface area contributed by atoms with Crippen LogP contribution in [0.5, 0.6) is 11.5 Å². The summed E-state index contributed by atoms with van der Waals surface area (Å²) < 4.78 is 22.0. The monoisotopic (exact) mass is 675 g/mol. The largest absolute Gasteiger partial charge is 0.508 e. The Morgan fingerprint density at radius 1 is 0.854 bits per heavy atom. The Bertz CT molecular complexity index is 1420. The molecule has 4 rings (SSSR count). The zero-order valence-corrected chi connectivity index (χ0v) is 30.8. The fourth-order valence-electron chi connectivity index (χ4n) is 6.63. The van der Waals surface area contributed by atoms with E-state index in [9.17, 15) is 14.7 Å². The molecule has 48 heavy (non-hydrogen) atoms. The minimum atomic E-state index is -2.03. The van der Waals surface area contributed by atoms with Crippen LogP contribution in [0.25, 0.3) is 0 Å². The van der Waals surface area contributed by atoms with E-state index in [1.165, 1.54) is 0 Å². The highest BCUT2D eigenvalue weighted by Crippen LogP contribution is 2.48. The van der Waals surface area contributed by atoms with Gasteiger partial charge in [0.2, 0.25) is 5.91 Å². The van der Waals surface area contributed by atoms with Gasteiger partial charge in [-0.25, -0.2) is 4.79 Å². The molecule has 4 atom stereocenters. The molecule has 1 saturated heterocycles. The third kappa shape index (κ3) is 8.79. The number of benzene rings is 3. The lowest BCUT2D eigenvalue weighted by Crippen LogP contribution is -2.69. The summed E-state index contributed by atoms with van der Waals surface area (Å²) in [6.07, 6.45) is 0.375. The van der Waals surface area contributed by atoms with Crippen LogP contribution in [0.1, 0.15) is 50.8 Å². The van der Waals surface area contributed by atoms with E-state index in [1.54, 1.807) is 21.1 Å². The quantitative estimate of drug-likeness (QED) is 0.100. The first kappa shape index (κ1) is 37.0. The second kappa shape index (κ2) is 16.1. The molecule has 1 N–H and O–H groups in total. The van der Waals surface area contributed by atoms with Gasteiger partial charge in [0, 0.05) is 18.7 Å². The number of likely N-dealkylation sites (tertiary alicyclic amines) is 1. The molecular formula is C39H53NO7Si. The van der Waals surface area contributed by atoms with Crippen LogP contribution >= 0.6 is 0 Å². The van der Waals surface area contributed by atoms with Gasteiger partial charge in [0.15, 0.2) is 0 Å². The van der Waals surface area contributed by atoms with Crippen molar-refractivity contribution in [2.75, 3.05) is 20.8 Å². The van der Waals surface area contributed by atoms with Crippen LogP contribution < -0.4 is 9.47 Å². The Balaban J connectivity index is 1.64. The summed E-state index contributed by atoms with van der Waals surface area (Å²) in [5.41, 5.74) is 3.05. The van der Waals surface area contributed by atoms with Crippen molar-refractivity contribution in [1.82, 2.24) is 4.90 Å². The fourth-order valence-corrected chi connectivity index (χ4v) is 9.14. The zero-order chi connectivity index (χ0) is 35.1. The van der Waals surface area contributed by atoms with Gasteiger partial charge in [0.05, 0.1) is 28.2 Å². The molecule has 0 radical (unpaired) electrons. The van der Waals surface area contributed by atoms with Crippen LogP contribution in [0.4, 0.5) is 4.79 Å². The molecule has 0 bridgehead atoms. The topological polar surface area (TPSA) is 94.5 Å². The van der Waals surface area contributed by atoms with E-state index in [1.807, 2.05) is 83.8 Å². The van der Waals surface area contributed by atoms with Gasteiger partial charge in [0.1, 0.15) is 24.2 Å². The maximum Gasteiger partial charge on any atom is 0.508 e. The number of carbonyl (C=O) groups excluding carboxylic acids is 2. The first-order valence-electron chi connectivity index (χ1n) is 16.8. The van der Waals surface area contributed by atoms with Crippen molar-refractivity contribution in [3.63, 3.8) is 0 Å². The van der Waals surface area contributed by atoms with Crippen molar-refractivity contribution in [2.45, 2.75) is 95.4 Å². The van der Waals surface area contributed by atoms with E-state index in [0.717, 1.165) is 28.2 Å². The number of aliphatic hydroxyl groups excluding tert-OH is 1. The number of rotatable bonds is 15. The number of β-lactam (4-membered cyclic amide) rings is 1. The maximum absolute atomic E-state index is 14.3. The van der Waals surface area contributed by atoms with E-state index in [-0.39, 0.29) is 41.8 Å². The van der Waals surface area contributed by atoms with E-state index in [0.29, 0.717) is 19.3 Å². The van der Waals surface area contributed by atoms with Crippen LogP contribution in [-0.4, -0.2) is 69.2 Å². The summed E-state index contributed by atoms with van der Waals surface area (Å²) in [6, 6.07) is 24.9. The van der Waals surface area contributed by atoms with Crippen molar-refractivity contribution in [1.29, 1.82) is 0 Å². The Morgan fingerprint density at radius 2 is 1.38 bits per heavy atom. The highest BCUT2D eigenvalue weighted by molar-refractivity contribution is 6.81. The van der Waals surface area contributed by atoms with Crippen molar-refractivity contribution in [2.24, 2.45) is 5.92 Å². The maximum atomic E-state index is 14.3. The van der Waals surface area contributed by atoms with Crippen molar-refractivity contribution in [3.8, 4) is 11.5 Å². The van der Waals surface area contributed by atoms with Crippen LogP contribution in [-0.2, 0) is 33.7 Å². The molecule has 3 aromatic carbocycles. The second-order valence-corrected chi connectivity index (χ2v) is 20.3. The molecule has 1 aliphatic heterocycles. The Kier molecular flexibility index (Phi) is 12.4. The third-order valence-corrected chi connectivity index (χ3v) is 17.0. The van der Waals surface area contributed by atoms with E-state index >= 15 is 0 Å². The lowest BCUT2D eigenvalue weighted by molar-refractivity contribution is -0.171. The lowest BCUT2D eigenvalue weighted by Gasteiger charge is -2.55. The Hall–Kier alpha value is -3.82. The average molecular weight is 676 g/mol. The van der Waals surface area contributed by atoms with Crippen molar-refractivity contribution >= 4 is 20.1 Å². The SMILES string of the molecule is COc1ccc(CC(Cc2ccc(OC)cc2)N2C(=O)[C@H]([C@@H](C)OC(=O)OCc3ccccc3)[C@@H]2CC(CO)[Si](C)(C)C(C)(C)C)cc1. The highest BCUT2D eigenvalue weighted by atomic mass is 28.3. The predicted molar refractivity (Wildman–Crippen MR) is 191 cm³/mol. The average Bonchev–Trinajstić information content (AvgIpc) is 3.06. The molecule has 0 saturated carbocycles. The summed E-state index contributed by atoms with van der Waals surface area (Å²) in [5.74, 6) is 0.937. The summed E-state index contributed by atoms with van der Waals surface area (Å²) in [5, 5.41) is 10.8. The fraction of sp³-hybridized carbons (Fsp3) is 0.487. The molecule has 1 aliphatic rings. The number of amides is 1. The summed E-state index contributed by atoms with van der Waals surface area (Å²) in [4.78, 5) is 29.2. The van der Waals surface area contributed by atoms with Crippen LogP contribution in [0, 0.1) is 5.92 Å². The number of aliphatic hydroxyl groups is 1. The summed E-state index contributed by atoms with van der Waals surface area (Å²) >= 11 is 0. The number of carbonyl (C=O) groups is 2. The predicted octanol–water partition coefficient (Wildman–Crippen LogP) is 7.69. The van der Waals surface area contributed by atoms with Gasteiger partial charge in [-0.2, -0.15) is 0 Å². The molecule has 9 heteroatoms. The van der Waals surface area contributed by atoms with Crippen molar-refractivity contribution in [3.05, 3.63) is 95.6 Å². The molecule has 1 fully saturated rings.